The van der Waals surface area contributed by atoms with E-state index in [1.165, 1.54) is 30.0 Å². The minimum Gasteiger partial charge on any atom is -0.342 e. The molecule has 3 aromatic carbocycles. The zero-order valence-corrected chi connectivity index (χ0v) is 19.6. The van der Waals surface area contributed by atoms with E-state index >= 15 is 0 Å². The molecule has 7 nitrogen and oxygen atoms in total. The number of nitrogens with zero attached hydrogens (tertiary/aromatic N) is 3. The third kappa shape index (κ3) is 5.26. The summed E-state index contributed by atoms with van der Waals surface area (Å²) in [4.78, 5) is 25.0. The van der Waals surface area contributed by atoms with Crippen LogP contribution in [-0.2, 0) is 11.3 Å². The van der Waals surface area contributed by atoms with Gasteiger partial charge < -0.3 is 15.2 Å². The van der Waals surface area contributed by atoms with Crippen molar-refractivity contribution in [3.8, 4) is 0 Å². The number of aromatic nitrogens is 3. The van der Waals surface area contributed by atoms with Crippen LogP contribution in [0.15, 0.2) is 71.9 Å². The molecule has 0 unspecified atom stereocenters. The quantitative estimate of drug-likeness (QED) is 0.356. The smallest absolute Gasteiger partial charge is 0.254 e. The van der Waals surface area contributed by atoms with Gasteiger partial charge in [0.05, 0.1) is 17.4 Å². The molecule has 1 atom stereocenters. The summed E-state index contributed by atoms with van der Waals surface area (Å²) in [6.45, 7) is 4.24. The Balaban J connectivity index is 1.39. The maximum Gasteiger partial charge on any atom is 0.254 e. The number of rotatable bonds is 8. The highest BCUT2D eigenvalue weighted by molar-refractivity contribution is 7.99. The summed E-state index contributed by atoms with van der Waals surface area (Å²) < 4.78 is 15.8. The Morgan fingerprint density at radius 1 is 1.03 bits per heavy atom. The molecule has 0 bridgehead atoms. The minimum absolute atomic E-state index is 0.0307. The lowest BCUT2D eigenvalue weighted by Gasteiger charge is -2.15. The largest absolute Gasteiger partial charge is 0.342 e. The van der Waals surface area contributed by atoms with Crippen molar-refractivity contribution in [1.29, 1.82) is 0 Å². The first-order valence-corrected chi connectivity index (χ1v) is 11.8. The number of amides is 2. The number of anilines is 1. The van der Waals surface area contributed by atoms with Crippen molar-refractivity contribution in [2.24, 2.45) is 0 Å². The first-order valence-electron chi connectivity index (χ1n) is 10.9. The molecule has 174 valence electrons. The first kappa shape index (κ1) is 23.4. The van der Waals surface area contributed by atoms with Crippen molar-refractivity contribution in [3.05, 3.63) is 83.9 Å². The molecule has 9 heteroatoms. The van der Waals surface area contributed by atoms with Gasteiger partial charge in [-0.2, -0.15) is 0 Å². The van der Waals surface area contributed by atoms with Gasteiger partial charge in [-0.25, -0.2) is 4.39 Å². The summed E-state index contributed by atoms with van der Waals surface area (Å²) in [6, 6.07) is 19.0. The van der Waals surface area contributed by atoms with Gasteiger partial charge in [0, 0.05) is 12.2 Å². The van der Waals surface area contributed by atoms with Crippen LogP contribution in [0.5, 0.6) is 0 Å². The molecule has 0 aliphatic carbocycles. The second-order valence-electron chi connectivity index (χ2n) is 7.66. The Morgan fingerprint density at radius 2 is 1.76 bits per heavy atom. The second-order valence-corrected chi connectivity index (χ2v) is 8.60. The summed E-state index contributed by atoms with van der Waals surface area (Å²) in [5, 5.41) is 16.8. The molecule has 0 saturated heterocycles. The van der Waals surface area contributed by atoms with E-state index in [9.17, 15) is 14.0 Å². The van der Waals surface area contributed by atoms with E-state index < -0.39 is 17.8 Å². The lowest BCUT2D eigenvalue weighted by Crippen LogP contribution is -2.29. The average Bonchev–Trinajstić information content (AvgIpc) is 3.26. The molecule has 34 heavy (non-hydrogen) atoms. The highest BCUT2D eigenvalue weighted by Crippen LogP contribution is 2.23. The van der Waals surface area contributed by atoms with Gasteiger partial charge in [0.25, 0.3) is 5.91 Å². The van der Waals surface area contributed by atoms with Crippen LogP contribution in [0.25, 0.3) is 10.8 Å². The Kier molecular flexibility index (Phi) is 7.22. The lowest BCUT2D eigenvalue weighted by atomic mass is 10.1. The molecular formula is C25H24FN5O2S. The number of hydrogen-bond donors (Lipinski definition) is 2. The summed E-state index contributed by atoms with van der Waals surface area (Å²) in [6.07, 6.45) is 0. The van der Waals surface area contributed by atoms with E-state index in [1.54, 1.807) is 13.0 Å². The van der Waals surface area contributed by atoms with Crippen molar-refractivity contribution < 1.29 is 14.0 Å². The monoisotopic (exact) mass is 477 g/mol. The molecule has 0 aliphatic rings. The Bertz CT molecular complexity index is 1340. The molecule has 1 aromatic heterocycles. The minimum atomic E-state index is -0.585. The van der Waals surface area contributed by atoms with Crippen molar-refractivity contribution in [1.82, 2.24) is 20.1 Å². The number of nitrogens with one attached hydrogen (secondary N) is 2. The fraction of sp³-hybridized carbons (Fsp3) is 0.200. The molecule has 0 radical (unpaired) electrons. The molecule has 0 saturated carbocycles. The van der Waals surface area contributed by atoms with Gasteiger partial charge in [-0.3, -0.25) is 9.59 Å². The van der Waals surface area contributed by atoms with Crippen LogP contribution in [0.4, 0.5) is 10.1 Å². The van der Waals surface area contributed by atoms with Crippen LogP contribution >= 0.6 is 11.8 Å². The highest BCUT2D eigenvalue weighted by atomic mass is 32.2. The number of thioether (sulfide) groups is 1. The van der Waals surface area contributed by atoms with Gasteiger partial charge in [-0.1, -0.05) is 54.2 Å². The number of carbonyl (C=O) groups is 2. The molecule has 0 aliphatic heterocycles. The fourth-order valence-electron chi connectivity index (χ4n) is 3.60. The Hall–Kier alpha value is -3.72. The number of fused-ring (bicyclic) bond motifs is 1. The molecule has 4 aromatic rings. The summed E-state index contributed by atoms with van der Waals surface area (Å²) in [5.74, 6) is -0.586. The summed E-state index contributed by atoms with van der Waals surface area (Å²) in [5.41, 5.74) is 0.698. The van der Waals surface area contributed by atoms with E-state index in [2.05, 4.69) is 20.8 Å². The van der Waals surface area contributed by atoms with E-state index in [0.29, 0.717) is 17.5 Å². The zero-order chi connectivity index (χ0) is 24.1. The molecule has 2 N–H and O–H groups in total. The maximum absolute atomic E-state index is 13.9. The van der Waals surface area contributed by atoms with Crippen molar-refractivity contribution in [2.75, 3.05) is 11.1 Å². The molecular weight excluding hydrogens is 453 g/mol. The lowest BCUT2D eigenvalue weighted by molar-refractivity contribution is -0.113. The van der Waals surface area contributed by atoms with Gasteiger partial charge in [-0.05, 0) is 48.9 Å². The number of halogens is 1. The molecule has 4 rings (SSSR count). The van der Waals surface area contributed by atoms with Crippen LogP contribution in [0.2, 0.25) is 0 Å². The SMILES string of the molecule is CCn1c(SCC(=O)Nc2ccc3ccccc3c2)nnc1[C@@H](C)NC(=O)c1ccccc1F. The molecule has 1 heterocycles. The molecule has 2 amide bonds. The van der Waals surface area contributed by atoms with Crippen LogP contribution in [-0.4, -0.2) is 32.3 Å². The highest BCUT2D eigenvalue weighted by Gasteiger charge is 2.21. The van der Waals surface area contributed by atoms with Gasteiger partial charge in [0.1, 0.15) is 5.82 Å². The van der Waals surface area contributed by atoms with E-state index in [4.69, 9.17) is 0 Å². The predicted octanol–water partition coefficient (Wildman–Crippen LogP) is 4.81. The van der Waals surface area contributed by atoms with Crippen LogP contribution < -0.4 is 10.6 Å². The van der Waals surface area contributed by atoms with Gasteiger partial charge in [0.15, 0.2) is 11.0 Å². The summed E-state index contributed by atoms with van der Waals surface area (Å²) in [7, 11) is 0. The van der Waals surface area contributed by atoms with Crippen LogP contribution in [0.1, 0.15) is 36.1 Å². The summed E-state index contributed by atoms with van der Waals surface area (Å²) >= 11 is 1.26. The zero-order valence-electron chi connectivity index (χ0n) is 18.8. The standard InChI is InChI=1S/C25H24FN5O2S/c1-3-31-23(16(2)27-24(33)20-10-6-7-11-21(20)26)29-30-25(31)34-15-22(32)28-19-13-12-17-8-4-5-9-18(17)14-19/h4-14,16H,3,15H2,1-2H3,(H,27,33)(H,28,32)/t16-/m1/s1. The fourth-order valence-corrected chi connectivity index (χ4v) is 4.41. The van der Waals surface area contributed by atoms with Crippen molar-refractivity contribution >= 4 is 40.0 Å². The van der Waals surface area contributed by atoms with E-state index in [0.717, 1.165) is 16.5 Å². The Morgan fingerprint density at radius 3 is 2.53 bits per heavy atom. The van der Waals surface area contributed by atoms with Crippen molar-refractivity contribution in [2.45, 2.75) is 31.6 Å². The average molecular weight is 478 g/mol. The third-order valence-corrected chi connectivity index (χ3v) is 6.25. The van der Waals surface area contributed by atoms with E-state index in [1.807, 2.05) is 54.0 Å². The topological polar surface area (TPSA) is 88.9 Å². The Labute approximate surface area is 200 Å². The number of benzene rings is 3. The van der Waals surface area contributed by atoms with E-state index in [-0.39, 0.29) is 17.2 Å². The van der Waals surface area contributed by atoms with Crippen molar-refractivity contribution in [3.63, 3.8) is 0 Å². The van der Waals surface area contributed by atoms with Gasteiger partial charge in [-0.15, -0.1) is 10.2 Å². The normalized spacial score (nSPS) is 11.9. The molecule has 0 spiro atoms. The number of carbonyl (C=O) groups excluding carboxylic acids is 2. The molecule has 0 fully saturated rings. The maximum atomic E-state index is 13.9. The van der Waals surface area contributed by atoms with Gasteiger partial charge >= 0.3 is 0 Å². The second kappa shape index (κ2) is 10.5. The first-order chi connectivity index (χ1) is 16.5. The van der Waals surface area contributed by atoms with Crippen LogP contribution in [0.3, 0.4) is 0 Å². The predicted molar refractivity (Wildman–Crippen MR) is 131 cm³/mol. The van der Waals surface area contributed by atoms with Gasteiger partial charge in [0.2, 0.25) is 5.91 Å². The third-order valence-electron chi connectivity index (χ3n) is 5.28. The van der Waals surface area contributed by atoms with Crippen LogP contribution in [0, 0.1) is 5.82 Å². The number of hydrogen-bond acceptors (Lipinski definition) is 5.